The lowest BCUT2D eigenvalue weighted by atomic mass is 10.1. The van der Waals surface area contributed by atoms with Crippen LogP contribution in [0.25, 0.3) is 0 Å². The lowest BCUT2D eigenvalue weighted by Gasteiger charge is -2.10. The fraction of sp³-hybridized carbons (Fsp3) is 0.333. The van der Waals surface area contributed by atoms with Gasteiger partial charge in [0.15, 0.2) is 0 Å². The summed E-state index contributed by atoms with van der Waals surface area (Å²) in [6.07, 6.45) is 0. The maximum absolute atomic E-state index is 11.7. The summed E-state index contributed by atoms with van der Waals surface area (Å²) in [5.74, 6) is 0. The van der Waals surface area contributed by atoms with Gasteiger partial charge in [-0.1, -0.05) is 30.3 Å². The number of rotatable bonds is 4. The Hall–Kier alpha value is -0.610. The van der Waals surface area contributed by atoms with E-state index >= 15 is 0 Å². The van der Waals surface area contributed by atoms with Crippen molar-refractivity contribution < 1.29 is 13.5 Å². The molecule has 0 aromatic heterocycles. The van der Waals surface area contributed by atoms with E-state index in [0.717, 1.165) is 5.56 Å². The lowest BCUT2D eigenvalue weighted by molar-refractivity contribution is -0.128. The van der Waals surface area contributed by atoms with Gasteiger partial charge in [0.2, 0.25) is 0 Å². The molecule has 0 spiro atoms. The predicted octanol–water partition coefficient (Wildman–Crippen LogP) is 2.90. The number of alkyl halides is 2. The summed E-state index contributed by atoms with van der Waals surface area (Å²) >= 11 is 4.14. The number of hydrogen-bond acceptors (Lipinski definition) is 2. The first-order chi connectivity index (χ1) is 6.20. The van der Waals surface area contributed by atoms with Gasteiger partial charge in [0.25, 0.3) is 0 Å². The summed E-state index contributed by atoms with van der Waals surface area (Å²) in [6.45, 7) is -2.80. The summed E-state index contributed by atoms with van der Waals surface area (Å²) in [5, 5.41) is -0.296. The number of ether oxygens (including phenoxy) is 1. The van der Waals surface area contributed by atoms with Crippen molar-refractivity contribution >= 4 is 12.6 Å². The first-order valence-electron chi connectivity index (χ1n) is 3.83. The van der Waals surface area contributed by atoms with Crippen LogP contribution < -0.4 is 0 Å². The molecule has 0 aliphatic rings. The first-order valence-corrected chi connectivity index (χ1v) is 4.34. The third kappa shape index (κ3) is 3.74. The zero-order valence-corrected chi connectivity index (χ0v) is 7.75. The van der Waals surface area contributed by atoms with Crippen LogP contribution in [0.5, 0.6) is 0 Å². The summed E-state index contributed by atoms with van der Waals surface area (Å²) in [6, 6.07) is 9.18. The zero-order valence-electron chi connectivity index (χ0n) is 6.86. The fourth-order valence-corrected chi connectivity index (χ4v) is 1.19. The number of benzene rings is 1. The molecular weight excluding hydrogens is 194 g/mol. The number of hydrogen-bond donors (Lipinski definition) is 1. The van der Waals surface area contributed by atoms with E-state index < -0.39 is 6.61 Å². The second kappa shape index (κ2) is 5.19. The molecule has 1 nitrogen and oxygen atoms in total. The Morgan fingerprint density at radius 3 is 2.38 bits per heavy atom. The largest absolute Gasteiger partial charge is 0.345 e. The Morgan fingerprint density at radius 2 is 1.85 bits per heavy atom. The fourth-order valence-electron chi connectivity index (χ4n) is 0.935. The molecule has 0 aliphatic carbocycles. The standard InChI is InChI=1S/C9H10F2OS/c10-9(11)12-6-8(13)7-4-2-1-3-5-7/h1-5,8-9,13H,6H2/t8-/m1/s1. The van der Waals surface area contributed by atoms with Gasteiger partial charge in [0.1, 0.15) is 0 Å². The molecule has 0 saturated heterocycles. The van der Waals surface area contributed by atoms with Crippen LogP contribution in [-0.4, -0.2) is 13.2 Å². The molecule has 0 amide bonds. The van der Waals surface area contributed by atoms with Gasteiger partial charge in [-0.15, -0.1) is 0 Å². The predicted molar refractivity (Wildman–Crippen MR) is 50.1 cm³/mol. The number of halogens is 2. The maximum Gasteiger partial charge on any atom is 0.345 e. The van der Waals surface area contributed by atoms with Gasteiger partial charge in [-0.05, 0) is 5.56 Å². The zero-order chi connectivity index (χ0) is 9.68. The molecule has 1 atom stereocenters. The molecule has 0 N–H and O–H groups in total. The topological polar surface area (TPSA) is 9.23 Å². The monoisotopic (exact) mass is 204 g/mol. The van der Waals surface area contributed by atoms with E-state index in [1.165, 1.54) is 0 Å². The van der Waals surface area contributed by atoms with Crippen molar-refractivity contribution in [1.82, 2.24) is 0 Å². The van der Waals surface area contributed by atoms with Gasteiger partial charge >= 0.3 is 6.61 Å². The van der Waals surface area contributed by atoms with Crippen LogP contribution in [0, 0.1) is 0 Å². The van der Waals surface area contributed by atoms with Crippen molar-refractivity contribution in [2.45, 2.75) is 11.9 Å². The molecule has 0 heterocycles. The summed E-state index contributed by atoms with van der Waals surface area (Å²) in [7, 11) is 0. The third-order valence-corrected chi connectivity index (χ3v) is 2.01. The minimum Gasteiger partial charge on any atom is -0.321 e. The van der Waals surface area contributed by atoms with Crippen LogP contribution in [0.4, 0.5) is 8.78 Å². The van der Waals surface area contributed by atoms with Gasteiger partial charge in [-0.3, -0.25) is 0 Å². The van der Waals surface area contributed by atoms with Crippen molar-refractivity contribution in [3.8, 4) is 0 Å². The maximum atomic E-state index is 11.7. The SMILES string of the molecule is FC(F)OC[C@@H](S)c1ccccc1. The highest BCUT2D eigenvalue weighted by Gasteiger charge is 2.09. The van der Waals surface area contributed by atoms with Gasteiger partial charge < -0.3 is 4.74 Å². The molecular formula is C9H10F2OS. The molecule has 4 heteroatoms. The first kappa shape index (κ1) is 10.5. The lowest BCUT2D eigenvalue weighted by Crippen LogP contribution is -2.06. The molecule has 13 heavy (non-hydrogen) atoms. The van der Waals surface area contributed by atoms with Crippen LogP contribution in [0.1, 0.15) is 10.8 Å². The van der Waals surface area contributed by atoms with Crippen molar-refractivity contribution in [2.24, 2.45) is 0 Å². The van der Waals surface area contributed by atoms with Crippen LogP contribution in [-0.2, 0) is 4.74 Å². The Bertz CT molecular complexity index is 241. The Kier molecular flexibility index (Phi) is 4.18. The van der Waals surface area contributed by atoms with Crippen molar-refractivity contribution in [2.75, 3.05) is 6.61 Å². The van der Waals surface area contributed by atoms with E-state index in [4.69, 9.17) is 0 Å². The van der Waals surface area contributed by atoms with Crippen molar-refractivity contribution in [1.29, 1.82) is 0 Å². The molecule has 1 rings (SSSR count). The van der Waals surface area contributed by atoms with Crippen LogP contribution in [0.15, 0.2) is 30.3 Å². The minimum absolute atomic E-state index is 0.0786. The summed E-state index contributed by atoms with van der Waals surface area (Å²) in [4.78, 5) is 0. The van der Waals surface area contributed by atoms with E-state index in [2.05, 4.69) is 17.4 Å². The van der Waals surface area contributed by atoms with Crippen molar-refractivity contribution in [3.05, 3.63) is 35.9 Å². The van der Waals surface area contributed by atoms with E-state index in [9.17, 15) is 8.78 Å². The average Bonchev–Trinajstić information content (AvgIpc) is 2.15. The quantitative estimate of drug-likeness (QED) is 0.742. The summed E-state index contributed by atoms with van der Waals surface area (Å²) in [5.41, 5.74) is 0.881. The van der Waals surface area contributed by atoms with Crippen LogP contribution in [0.2, 0.25) is 0 Å². The van der Waals surface area contributed by atoms with Crippen molar-refractivity contribution in [3.63, 3.8) is 0 Å². The molecule has 0 saturated carbocycles. The van der Waals surface area contributed by atoms with E-state index in [1.54, 1.807) is 0 Å². The smallest absolute Gasteiger partial charge is 0.321 e. The summed E-state index contributed by atoms with van der Waals surface area (Å²) < 4.78 is 27.5. The normalized spacial score (nSPS) is 13.2. The van der Waals surface area contributed by atoms with Crippen LogP contribution in [0.3, 0.4) is 0 Å². The minimum atomic E-state index is -2.72. The Morgan fingerprint density at radius 1 is 1.23 bits per heavy atom. The molecule has 1 aromatic rings. The molecule has 0 radical (unpaired) electrons. The van der Waals surface area contributed by atoms with E-state index in [1.807, 2.05) is 30.3 Å². The molecule has 0 bridgehead atoms. The van der Waals surface area contributed by atoms with E-state index in [-0.39, 0.29) is 11.9 Å². The Labute approximate surface area is 81.1 Å². The van der Waals surface area contributed by atoms with Crippen LogP contribution >= 0.6 is 12.6 Å². The molecule has 72 valence electrons. The Balaban J connectivity index is 2.44. The highest BCUT2D eigenvalue weighted by atomic mass is 32.1. The van der Waals surface area contributed by atoms with E-state index in [0.29, 0.717) is 0 Å². The second-order valence-corrected chi connectivity index (χ2v) is 3.14. The highest BCUT2D eigenvalue weighted by molar-refractivity contribution is 7.80. The van der Waals surface area contributed by atoms with Gasteiger partial charge in [0.05, 0.1) is 11.9 Å². The molecule has 1 aromatic carbocycles. The second-order valence-electron chi connectivity index (χ2n) is 2.52. The van der Waals surface area contributed by atoms with Gasteiger partial charge in [-0.25, -0.2) is 0 Å². The molecule has 0 fully saturated rings. The third-order valence-electron chi connectivity index (χ3n) is 1.56. The average molecular weight is 204 g/mol. The molecule has 0 unspecified atom stereocenters. The molecule has 0 aliphatic heterocycles. The van der Waals surface area contributed by atoms with Gasteiger partial charge in [0, 0.05) is 0 Å². The number of thiol groups is 1. The highest BCUT2D eigenvalue weighted by Crippen LogP contribution is 2.20. The van der Waals surface area contributed by atoms with Gasteiger partial charge in [-0.2, -0.15) is 21.4 Å².